The van der Waals surface area contributed by atoms with Crippen LogP contribution in [0.5, 0.6) is 0 Å². The largest absolute Gasteiger partial charge is 0.483 e. The molecule has 3 saturated heterocycles. The van der Waals surface area contributed by atoms with Gasteiger partial charge in [0.1, 0.15) is 0 Å². The fourth-order valence-electron chi connectivity index (χ4n) is 5.14. The maximum Gasteiger partial charge on any atom is 0.324 e. The summed E-state index contributed by atoms with van der Waals surface area (Å²) in [6.07, 6.45) is 5.72. The third-order valence-corrected chi connectivity index (χ3v) is 6.58. The number of fused-ring (bicyclic) bond motifs is 2. The minimum absolute atomic E-state index is 0.217. The van der Waals surface area contributed by atoms with Gasteiger partial charge in [0.05, 0.1) is 0 Å². The highest BCUT2D eigenvalue weighted by Gasteiger charge is 2.42. The SMILES string of the molecule is C=C.CC1CC(C)C2CC(N(C(=O)N3CCCC3)c3ccccc3)CC1N2.O=CO. The fraction of sp³-hybridized carbons (Fsp3) is 0.583. The molecule has 3 aliphatic heterocycles. The number of anilines is 1. The molecule has 0 aliphatic carbocycles. The summed E-state index contributed by atoms with van der Waals surface area (Å²) in [6, 6.07) is 11.9. The van der Waals surface area contributed by atoms with Crippen molar-refractivity contribution in [1.29, 1.82) is 0 Å². The monoisotopic (exact) mass is 415 g/mol. The van der Waals surface area contributed by atoms with E-state index in [-0.39, 0.29) is 12.5 Å². The average molecular weight is 416 g/mol. The minimum Gasteiger partial charge on any atom is -0.483 e. The van der Waals surface area contributed by atoms with Crippen LogP contribution in [0.2, 0.25) is 0 Å². The molecule has 1 aromatic rings. The Balaban J connectivity index is 0.000000590. The van der Waals surface area contributed by atoms with Gasteiger partial charge in [-0.3, -0.25) is 9.69 Å². The molecule has 3 aliphatic rings. The molecule has 0 radical (unpaired) electrons. The van der Waals surface area contributed by atoms with E-state index in [0.717, 1.165) is 44.5 Å². The van der Waals surface area contributed by atoms with E-state index in [4.69, 9.17) is 9.90 Å². The summed E-state index contributed by atoms with van der Waals surface area (Å²) in [5, 5.41) is 10.7. The molecule has 4 rings (SSSR count). The van der Waals surface area contributed by atoms with Gasteiger partial charge in [0.2, 0.25) is 0 Å². The van der Waals surface area contributed by atoms with Crippen LogP contribution in [0.3, 0.4) is 0 Å². The van der Waals surface area contributed by atoms with Crippen molar-refractivity contribution in [3.8, 4) is 0 Å². The molecule has 6 heteroatoms. The van der Waals surface area contributed by atoms with Crippen molar-refractivity contribution in [2.75, 3.05) is 18.0 Å². The summed E-state index contributed by atoms with van der Waals surface area (Å²) in [5.74, 6) is 1.38. The van der Waals surface area contributed by atoms with Crippen LogP contribution in [-0.2, 0) is 4.79 Å². The van der Waals surface area contributed by atoms with Crippen LogP contribution in [0.25, 0.3) is 0 Å². The van der Waals surface area contributed by atoms with Crippen LogP contribution in [0.1, 0.15) is 46.0 Å². The summed E-state index contributed by atoms with van der Waals surface area (Å²) in [4.78, 5) is 25.9. The number of likely N-dealkylation sites (tertiary alicyclic amines) is 1. The van der Waals surface area contributed by atoms with Crippen molar-refractivity contribution in [3.05, 3.63) is 43.5 Å². The number of carbonyl (C=O) groups excluding carboxylic acids is 1. The second kappa shape index (κ2) is 11.7. The van der Waals surface area contributed by atoms with E-state index < -0.39 is 0 Å². The standard InChI is InChI=1S/C21H31N3O.C2H4.CH2O2/c1-15-12-16(2)20-14-18(13-19(15)22-20)24(17-8-4-3-5-9-17)21(25)23-10-6-7-11-23;1-2;2-1-3/h3-5,8-9,15-16,18-20,22H,6-7,10-14H2,1-2H3;1-2H2;1H,(H,2,3). The van der Waals surface area contributed by atoms with Crippen LogP contribution < -0.4 is 10.2 Å². The molecule has 2 amide bonds. The van der Waals surface area contributed by atoms with E-state index in [0.29, 0.717) is 30.0 Å². The zero-order chi connectivity index (χ0) is 22.1. The highest BCUT2D eigenvalue weighted by molar-refractivity contribution is 5.92. The Morgan fingerprint density at radius 3 is 2.07 bits per heavy atom. The number of rotatable bonds is 2. The number of hydrogen-bond donors (Lipinski definition) is 2. The van der Waals surface area contributed by atoms with Gasteiger partial charge in [0, 0.05) is 36.9 Å². The number of para-hydroxylation sites is 1. The third-order valence-electron chi connectivity index (χ3n) is 6.58. The molecule has 2 bridgehead atoms. The van der Waals surface area contributed by atoms with Gasteiger partial charge in [-0.15, -0.1) is 13.2 Å². The average Bonchev–Trinajstić information content (AvgIpc) is 3.30. The van der Waals surface area contributed by atoms with Crippen molar-refractivity contribution < 1.29 is 14.7 Å². The molecule has 3 fully saturated rings. The molecule has 3 heterocycles. The number of urea groups is 1. The van der Waals surface area contributed by atoms with E-state index in [9.17, 15) is 4.79 Å². The first-order valence-electron chi connectivity index (χ1n) is 11.0. The van der Waals surface area contributed by atoms with Crippen molar-refractivity contribution in [3.63, 3.8) is 0 Å². The zero-order valence-electron chi connectivity index (χ0n) is 18.4. The van der Waals surface area contributed by atoms with Crippen LogP contribution in [-0.4, -0.2) is 53.7 Å². The summed E-state index contributed by atoms with van der Waals surface area (Å²) in [7, 11) is 0. The van der Waals surface area contributed by atoms with Crippen molar-refractivity contribution in [2.45, 2.75) is 64.1 Å². The van der Waals surface area contributed by atoms with Crippen LogP contribution >= 0.6 is 0 Å². The second-order valence-electron chi connectivity index (χ2n) is 8.48. The zero-order valence-corrected chi connectivity index (χ0v) is 18.4. The van der Waals surface area contributed by atoms with Crippen molar-refractivity contribution >= 4 is 18.2 Å². The number of amides is 2. The lowest BCUT2D eigenvalue weighted by Crippen LogP contribution is -2.61. The lowest BCUT2D eigenvalue weighted by Gasteiger charge is -2.49. The number of nitrogens with zero attached hydrogens (tertiary/aromatic N) is 2. The number of hydrogen-bond acceptors (Lipinski definition) is 3. The summed E-state index contributed by atoms with van der Waals surface area (Å²) < 4.78 is 0. The first-order valence-corrected chi connectivity index (χ1v) is 11.0. The van der Waals surface area contributed by atoms with Gasteiger partial charge in [-0.2, -0.15) is 0 Å². The summed E-state index contributed by atoms with van der Waals surface area (Å²) >= 11 is 0. The highest BCUT2D eigenvalue weighted by Crippen LogP contribution is 2.37. The fourth-order valence-corrected chi connectivity index (χ4v) is 5.14. The van der Waals surface area contributed by atoms with Gasteiger partial charge in [0.25, 0.3) is 6.47 Å². The number of carboxylic acid groups (broad SMARTS) is 1. The number of carbonyl (C=O) groups is 2. The molecule has 1 aromatic carbocycles. The van der Waals surface area contributed by atoms with E-state index in [1.807, 2.05) is 18.2 Å². The number of benzene rings is 1. The van der Waals surface area contributed by atoms with Gasteiger partial charge in [0.15, 0.2) is 0 Å². The maximum absolute atomic E-state index is 13.4. The highest BCUT2D eigenvalue weighted by atomic mass is 16.3. The number of piperidine rings is 2. The van der Waals surface area contributed by atoms with Crippen LogP contribution in [0, 0.1) is 11.8 Å². The minimum atomic E-state index is -0.250. The molecule has 2 N–H and O–H groups in total. The van der Waals surface area contributed by atoms with E-state index in [2.05, 4.69) is 54.3 Å². The molecule has 0 saturated carbocycles. The Hall–Kier alpha value is -2.34. The second-order valence-corrected chi connectivity index (χ2v) is 8.48. The smallest absolute Gasteiger partial charge is 0.324 e. The molecule has 4 unspecified atom stereocenters. The molecule has 0 aromatic heterocycles. The third kappa shape index (κ3) is 5.63. The summed E-state index contributed by atoms with van der Waals surface area (Å²) in [5.41, 5.74) is 1.06. The van der Waals surface area contributed by atoms with Gasteiger partial charge < -0.3 is 15.3 Å². The Morgan fingerprint density at radius 2 is 1.57 bits per heavy atom. The van der Waals surface area contributed by atoms with Crippen LogP contribution in [0.4, 0.5) is 10.5 Å². The quantitative estimate of drug-likeness (QED) is 0.555. The van der Waals surface area contributed by atoms with E-state index in [1.54, 1.807) is 0 Å². The Morgan fingerprint density at radius 1 is 1.07 bits per heavy atom. The van der Waals surface area contributed by atoms with Crippen LogP contribution in [0.15, 0.2) is 43.5 Å². The molecule has 166 valence electrons. The molecule has 4 atom stereocenters. The van der Waals surface area contributed by atoms with Gasteiger partial charge in [-0.25, -0.2) is 4.79 Å². The summed E-state index contributed by atoms with van der Waals surface area (Å²) in [6.45, 7) is 12.3. The lowest BCUT2D eigenvalue weighted by atomic mass is 9.73. The van der Waals surface area contributed by atoms with Gasteiger partial charge in [-0.05, 0) is 56.1 Å². The Bertz CT molecular complexity index is 647. The van der Waals surface area contributed by atoms with Gasteiger partial charge >= 0.3 is 6.03 Å². The molecule has 6 nitrogen and oxygen atoms in total. The normalized spacial score (nSPS) is 29.5. The van der Waals surface area contributed by atoms with E-state index >= 15 is 0 Å². The lowest BCUT2D eigenvalue weighted by molar-refractivity contribution is -0.122. The van der Waals surface area contributed by atoms with Crippen molar-refractivity contribution in [1.82, 2.24) is 10.2 Å². The van der Waals surface area contributed by atoms with E-state index in [1.165, 1.54) is 6.42 Å². The Kier molecular flexibility index (Phi) is 9.37. The maximum atomic E-state index is 13.4. The Labute approximate surface area is 180 Å². The first kappa shape index (κ1) is 23.9. The molecule has 0 spiro atoms. The predicted octanol–water partition coefficient (Wildman–Crippen LogP) is 4.38. The number of nitrogens with one attached hydrogen (secondary N) is 1. The predicted molar refractivity (Wildman–Crippen MR) is 122 cm³/mol. The molecular formula is C24H37N3O3. The molecule has 30 heavy (non-hydrogen) atoms. The van der Waals surface area contributed by atoms with Crippen molar-refractivity contribution in [2.24, 2.45) is 11.8 Å². The van der Waals surface area contributed by atoms with Gasteiger partial charge in [-0.1, -0.05) is 32.0 Å². The first-order chi connectivity index (χ1) is 14.5. The topological polar surface area (TPSA) is 72.9 Å². The molecular weight excluding hydrogens is 378 g/mol.